The molecule has 0 fully saturated rings. The first-order valence-corrected chi connectivity index (χ1v) is 6.53. The van der Waals surface area contributed by atoms with Crippen molar-refractivity contribution in [3.63, 3.8) is 0 Å². The number of methoxy groups -OCH3 is 1. The molecule has 1 heterocycles. The first-order valence-electron chi connectivity index (χ1n) is 6.53. The van der Waals surface area contributed by atoms with Crippen LogP contribution in [-0.4, -0.2) is 37.1 Å². The number of benzene rings is 1. The van der Waals surface area contributed by atoms with Crippen LogP contribution in [0, 0.1) is 0 Å². The average molecular weight is 244 g/mol. The Morgan fingerprint density at radius 2 is 2.17 bits per heavy atom. The third kappa shape index (κ3) is 1.79. The number of aromatic amines is 1. The minimum absolute atomic E-state index is 0.655. The van der Waals surface area contributed by atoms with E-state index in [1.54, 1.807) is 7.11 Å². The average Bonchev–Trinajstić information content (AvgIpc) is 2.75. The highest BCUT2D eigenvalue weighted by Gasteiger charge is 2.23. The Hall–Kier alpha value is -1.48. The van der Waals surface area contributed by atoms with Crippen molar-refractivity contribution < 1.29 is 4.74 Å². The van der Waals surface area contributed by atoms with Gasteiger partial charge in [0.25, 0.3) is 0 Å². The predicted molar refractivity (Wildman–Crippen MR) is 74.4 cm³/mol. The van der Waals surface area contributed by atoms with Crippen molar-refractivity contribution in [2.75, 3.05) is 21.2 Å². The topological polar surface area (TPSA) is 28.3 Å². The van der Waals surface area contributed by atoms with Crippen LogP contribution in [0.1, 0.15) is 17.7 Å². The Morgan fingerprint density at radius 1 is 1.33 bits per heavy atom. The number of likely N-dealkylation sites (N-methyl/N-ethyl adjacent to an activating group) is 1. The molecule has 1 atom stereocenters. The van der Waals surface area contributed by atoms with Gasteiger partial charge in [-0.05, 0) is 57.1 Å². The van der Waals surface area contributed by atoms with Crippen molar-refractivity contribution in [3.05, 3.63) is 29.5 Å². The minimum Gasteiger partial charge on any atom is -0.497 e. The second-order valence-corrected chi connectivity index (χ2v) is 5.35. The van der Waals surface area contributed by atoms with Gasteiger partial charge in [0.05, 0.1) is 7.11 Å². The first-order chi connectivity index (χ1) is 8.69. The number of aryl methyl sites for hydroxylation is 1. The van der Waals surface area contributed by atoms with Crippen LogP contribution in [0.2, 0.25) is 0 Å². The highest BCUT2D eigenvalue weighted by Crippen LogP contribution is 2.32. The summed E-state index contributed by atoms with van der Waals surface area (Å²) < 4.78 is 5.33. The van der Waals surface area contributed by atoms with Gasteiger partial charge in [0.15, 0.2) is 0 Å². The minimum atomic E-state index is 0.655. The van der Waals surface area contributed by atoms with Crippen LogP contribution in [0.15, 0.2) is 18.2 Å². The van der Waals surface area contributed by atoms with Crippen LogP contribution in [0.4, 0.5) is 0 Å². The molecule has 3 heteroatoms. The fraction of sp³-hybridized carbons (Fsp3) is 0.467. The molecule has 2 aromatic rings. The largest absolute Gasteiger partial charge is 0.497 e. The molecule has 0 saturated carbocycles. The van der Waals surface area contributed by atoms with Gasteiger partial charge < -0.3 is 14.6 Å². The van der Waals surface area contributed by atoms with Gasteiger partial charge in [-0.25, -0.2) is 0 Å². The molecule has 0 saturated heterocycles. The number of hydrogen-bond acceptors (Lipinski definition) is 2. The lowest BCUT2D eigenvalue weighted by molar-refractivity contribution is 0.268. The third-order valence-electron chi connectivity index (χ3n) is 4.10. The molecule has 0 bridgehead atoms. The molecule has 3 rings (SSSR count). The van der Waals surface area contributed by atoms with E-state index >= 15 is 0 Å². The van der Waals surface area contributed by atoms with Crippen molar-refractivity contribution in [2.45, 2.75) is 25.3 Å². The van der Waals surface area contributed by atoms with E-state index in [0.717, 1.165) is 18.6 Å². The second kappa shape index (κ2) is 4.32. The lowest BCUT2D eigenvalue weighted by Crippen LogP contribution is -2.33. The van der Waals surface area contributed by atoms with Crippen molar-refractivity contribution in [1.29, 1.82) is 0 Å². The van der Waals surface area contributed by atoms with E-state index in [9.17, 15) is 0 Å². The lowest BCUT2D eigenvalue weighted by atomic mass is 9.91. The maximum Gasteiger partial charge on any atom is 0.119 e. The van der Waals surface area contributed by atoms with Crippen molar-refractivity contribution in [1.82, 2.24) is 9.88 Å². The monoisotopic (exact) mass is 244 g/mol. The van der Waals surface area contributed by atoms with Gasteiger partial charge >= 0.3 is 0 Å². The molecule has 0 amide bonds. The smallest absolute Gasteiger partial charge is 0.119 e. The maximum atomic E-state index is 5.33. The zero-order chi connectivity index (χ0) is 12.7. The van der Waals surface area contributed by atoms with Crippen LogP contribution in [0.3, 0.4) is 0 Å². The van der Waals surface area contributed by atoms with E-state index in [-0.39, 0.29) is 0 Å². The molecule has 0 unspecified atom stereocenters. The van der Waals surface area contributed by atoms with Crippen LogP contribution in [0.5, 0.6) is 5.75 Å². The van der Waals surface area contributed by atoms with Gasteiger partial charge in [-0.15, -0.1) is 0 Å². The first kappa shape index (κ1) is 11.6. The van der Waals surface area contributed by atoms with Crippen molar-refractivity contribution in [2.24, 2.45) is 0 Å². The van der Waals surface area contributed by atoms with E-state index in [0.29, 0.717) is 6.04 Å². The third-order valence-corrected chi connectivity index (χ3v) is 4.10. The van der Waals surface area contributed by atoms with Crippen molar-refractivity contribution in [3.8, 4) is 5.75 Å². The number of H-pyrrole nitrogens is 1. The second-order valence-electron chi connectivity index (χ2n) is 5.35. The summed E-state index contributed by atoms with van der Waals surface area (Å²) in [5.74, 6) is 0.941. The number of hydrogen-bond donors (Lipinski definition) is 1. The summed E-state index contributed by atoms with van der Waals surface area (Å²) >= 11 is 0. The van der Waals surface area contributed by atoms with Crippen LogP contribution < -0.4 is 4.74 Å². The SMILES string of the molecule is COc1ccc2[nH]c3c(c2c1)C[C@@H](N(C)C)CC3. The standard InChI is InChI=1S/C15H20N2O/c1-17(2)10-4-6-14-12(8-10)13-9-11(18-3)5-7-15(13)16-14/h5,7,9-10,16H,4,6,8H2,1-3H3/t10-/m0/s1. The molecule has 1 aromatic carbocycles. The van der Waals surface area contributed by atoms with Crippen molar-refractivity contribution >= 4 is 10.9 Å². The van der Waals surface area contributed by atoms with E-state index in [4.69, 9.17) is 4.74 Å². The molecule has 1 aromatic heterocycles. The summed E-state index contributed by atoms with van der Waals surface area (Å²) in [7, 11) is 6.07. The van der Waals surface area contributed by atoms with Gasteiger partial charge in [-0.3, -0.25) is 0 Å². The van der Waals surface area contributed by atoms with E-state index in [1.807, 2.05) is 6.07 Å². The Balaban J connectivity index is 2.08. The lowest BCUT2D eigenvalue weighted by Gasteiger charge is -2.28. The molecule has 18 heavy (non-hydrogen) atoms. The van der Waals surface area contributed by atoms with Crippen LogP contribution in [-0.2, 0) is 12.8 Å². The molecule has 1 aliphatic carbocycles. The van der Waals surface area contributed by atoms with E-state index < -0.39 is 0 Å². The Bertz CT molecular complexity index is 571. The molecule has 1 N–H and O–H groups in total. The highest BCUT2D eigenvalue weighted by atomic mass is 16.5. The van der Waals surface area contributed by atoms with E-state index in [2.05, 4.69) is 36.1 Å². The highest BCUT2D eigenvalue weighted by molar-refractivity contribution is 5.86. The van der Waals surface area contributed by atoms with Crippen LogP contribution in [0.25, 0.3) is 10.9 Å². The van der Waals surface area contributed by atoms with E-state index in [1.165, 1.54) is 28.6 Å². The summed E-state index contributed by atoms with van der Waals surface area (Å²) in [5, 5.41) is 1.33. The molecule has 1 aliphatic rings. The summed E-state index contributed by atoms with van der Waals surface area (Å²) in [4.78, 5) is 5.89. The predicted octanol–water partition coefficient (Wildman–Crippen LogP) is 2.60. The summed E-state index contributed by atoms with van der Waals surface area (Å²) in [5.41, 5.74) is 4.13. The Morgan fingerprint density at radius 3 is 2.89 bits per heavy atom. The van der Waals surface area contributed by atoms with Gasteiger partial charge in [0.2, 0.25) is 0 Å². The molecular weight excluding hydrogens is 224 g/mol. The fourth-order valence-corrected chi connectivity index (χ4v) is 2.95. The molecule has 0 spiro atoms. The Labute approximate surface area is 108 Å². The van der Waals surface area contributed by atoms with Crippen LogP contribution >= 0.6 is 0 Å². The number of nitrogens with zero attached hydrogens (tertiary/aromatic N) is 1. The Kier molecular flexibility index (Phi) is 2.78. The summed E-state index contributed by atoms with van der Waals surface area (Å²) in [6.07, 6.45) is 3.52. The fourth-order valence-electron chi connectivity index (χ4n) is 2.95. The normalized spacial score (nSPS) is 19.2. The number of ether oxygens (including phenoxy) is 1. The molecule has 0 aliphatic heterocycles. The molecule has 3 nitrogen and oxygen atoms in total. The quantitative estimate of drug-likeness (QED) is 0.879. The zero-order valence-corrected chi connectivity index (χ0v) is 11.3. The van der Waals surface area contributed by atoms with Gasteiger partial charge in [0, 0.05) is 22.6 Å². The number of rotatable bonds is 2. The maximum absolute atomic E-state index is 5.33. The number of aromatic nitrogens is 1. The summed E-state index contributed by atoms with van der Waals surface area (Å²) in [6.45, 7) is 0. The summed E-state index contributed by atoms with van der Waals surface area (Å²) in [6, 6.07) is 6.95. The number of fused-ring (bicyclic) bond motifs is 3. The zero-order valence-electron chi connectivity index (χ0n) is 11.3. The molecule has 0 radical (unpaired) electrons. The van der Waals surface area contributed by atoms with Gasteiger partial charge in [0.1, 0.15) is 5.75 Å². The van der Waals surface area contributed by atoms with Gasteiger partial charge in [-0.2, -0.15) is 0 Å². The number of nitrogens with one attached hydrogen (secondary N) is 1. The molecular formula is C15H20N2O. The molecule has 96 valence electrons. The van der Waals surface area contributed by atoms with Gasteiger partial charge in [-0.1, -0.05) is 0 Å².